The number of esters is 1. The van der Waals surface area contributed by atoms with Crippen LogP contribution in [0.2, 0.25) is 0 Å². The minimum atomic E-state index is -1.04. The summed E-state index contributed by atoms with van der Waals surface area (Å²) in [5.74, 6) is -1.19. The highest BCUT2D eigenvalue weighted by Gasteiger charge is 2.31. The van der Waals surface area contributed by atoms with Crippen LogP contribution in [0.5, 0.6) is 5.75 Å². The molecule has 6 rings (SSSR count). The normalized spacial score (nSPS) is 17.0. The lowest BCUT2D eigenvalue weighted by atomic mass is 9.91. The maximum Gasteiger partial charge on any atom is 0.336 e. The summed E-state index contributed by atoms with van der Waals surface area (Å²) in [4.78, 5) is 59.0. The fourth-order valence-electron chi connectivity index (χ4n) is 5.13. The predicted molar refractivity (Wildman–Crippen MR) is 175 cm³/mol. The zero-order valence-corrected chi connectivity index (χ0v) is 26.1. The highest BCUT2D eigenvalue weighted by atomic mass is 16.6. The van der Waals surface area contributed by atoms with Crippen LogP contribution < -0.4 is 10.7 Å². The highest BCUT2D eigenvalue weighted by molar-refractivity contribution is 6.07. The predicted octanol–water partition coefficient (Wildman–Crippen LogP) is 5.59. The molecule has 0 saturated carbocycles. The molecule has 0 radical (unpaired) electrons. The third-order valence-corrected chi connectivity index (χ3v) is 7.57. The van der Waals surface area contributed by atoms with Crippen LogP contribution in [0.4, 0.5) is 4.79 Å². The molecule has 12 nitrogen and oxygen atoms in total. The van der Waals surface area contributed by atoms with E-state index in [1.54, 1.807) is 48.7 Å². The molecule has 2 amide bonds. The number of nitrogens with zero attached hydrogens (tertiary/aromatic N) is 1. The quantitative estimate of drug-likeness (QED) is 0.124. The van der Waals surface area contributed by atoms with Gasteiger partial charge >= 0.3 is 18.0 Å². The molecule has 0 unspecified atom stereocenters. The standard InChI is InChI=1S/C20H12O5.C16H20N2O5/c21-11-5-7-15-17(9-11)25-18-10-12(22)6-8-16(18)19(15)13-3-1-2-4-14(13)20(23)24;1-10-8-18(16(21)17-12(10)3)14-6-5-13(23-14)9-22-15(20)7-4-11(2)19/h1-10,21H,(H,23,24);5-6,8,13-14H,3-4,7,9H2,1-2H3,(H,17,21)/t;13-,14+/m.0/s1. The molecule has 3 N–H and O–H groups in total. The van der Waals surface area contributed by atoms with Gasteiger partial charge in [-0.2, -0.15) is 0 Å². The van der Waals surface area contributed by atoms with Crippen molar-refractivity contribution in [3.05, 3.63) is 113 Å². The Bertz CT molecular complexity index is 2020. The molecular weight excluding hydrogens is 620 g/mol. The van der Waals surface area contributed by atoms with Gasteiger partial charge in [0.1, 0.15) is 35.6 Å². The fraction of sp³-hybridized carbons (Fsp3) is 0.194. The zero-order valence-electron chi connectivity index (χ0n) is 26.1. The number of aromatic hydroxyl groups is 1. The second-order valence-electron chi connectivity index (χ2n) is 11.1. The molecule has 2 atom stereocenters. The van der Waals surface area contributed by atoms with Crippen LogP contribution in [-0.2, 0) is 19.1 Å². The van der Waals surface area contributed by atoms with Gasteiger partial charge in [-0.3, -0.25) is 14.5 Å². The summed E-state index contributed by atoms with van der Waals surface area (Å²) in [6, 6.07) is 15.4. The molecule has 48 heavy (non-hydrogen) atoms. The van der Waals surface area contributed by atoms with Crippen LogP contribution in [0.15, 0.2) is 106 Å². The van der Waals surface area contributed by atoms with Crippen molar-refractivity contribution in [3.8, 4) is 28.2 Å². The summed E-state index contributed by atoms with van der Waals surface area (Å²) in [6.07, 6.45) is 4.39. The zero-order chi connectivity index (χ0) is 34.5. The molecule has 0 spiro atoms. The molecular formula is C36H32N2O10. The Morgan fingerprint density at radius 3 is 2.52 bits per heavy atom. The van der Waals surface area contributed by atoms with Gasteiger partial charge in [0.25, 0.3) is 0 Å². The number of Topliss-reactive ketones (excluding diaryl/α,β-unsaturated/α-hetero) is 1. The number of phenolic OH excluding ortho intramolecular Hbond substituents is 1. The average Bonchev–Trinajstić information content (AvgIpc) is 3.52. The number of allylic oxidation sites excluding steroid dienone is 1. The number of hydrogen-bond acceptors (Lipinski definition) is 9. The second kappa shape index (κ2) is 14.2. The lowest BCUT2D eigenvalue weighted by Gasteiger charge is -2.30. The third kappa shape index (κ3) is 7.51. The van der Waals surface area contributed by atoms with Gasteiger partial charge in [0.05, 0.1) is 12.0 Å². The van der Waals surface area contributed by atoms with E-state index in [0.717, 1.165) is 5.57 Å². The molecule has 4 aliphatic rings. The van der Waals surface area contributed by atoms with Gasteiger partial charge in [-0.1, -0.05) is 30.9 Å². The Labute approximate surface area is 274 Å². The molecule has 3 aliphatic heterocycles. The number of amides is 2. The number of ketones is 1. The number of benzene rings is 3. The number of urea groups is 1. The lowest BCUT2D eigenvalue weighted by Crippen LogP contribution is -2.45. The molecule has 246 valence electrons. The van der Waals surface area contributed by atoms with Gasteiger partial charge < -0.3 is 34.2 Å². The number of aromatic carboxylic acids is 1. The van der Waals surface area contributed by atoms with E-state index in [1.165, 1.54) is 42.2 Å². The maximum absolute atomic E-state index is 11.9. The van der Waals surface area contributed by atoms with Gasteiger partial charge in [0, 0.05) is 47.0 Å². The number of fused-ring (bicyclic) bond motifs is 2. The van der Waals surface area contributed by atoms with Gasteiger partial charge in [0.2, 0.25) is 0 Å². The first kappa shape index (κ1) is 33.4. The second-order valence-corrected chi connectivity index (χ2v) is 11.1. The van der Waals surface area contributed by atoms with Crippen molar-refractivity contribution < 1.29 is 43.3 Å². The van der Waals surface area contributed by atoms with Crippen molar-refractivity contribution in [2.24, 2.45) is 0 Å². The SMILES string of the molecule is C=C1NC(=O)N([C@H]2C=C[C@@H](COC(=O)CCC(C)=O)O2)C=C1C.O=C(O)c1ccccc1-c1c2ccc(=O)cc-2oc2cc(O)ccc12. The number of nitrogens with one attached hydrogen (secondary N) is 1. The van der Waals surface area contributed by atoms with Crippen molar-refractivity contribution in [1.82, 2.24) is 10.2 Å². The Kier molecular flexibility index (Phi) is 9.85. The van der Waals surface area contributed by atoms with Crippen molar-refractivity contribution in [2.45, 2.75) is 39.0 Å². The Morgan fingerprint density at radius 2 is 1.77 bits per heavy atom. The van der Waals surface area contributed by atoms with Crippen LogP contribution in [0.1, 0.15) is 37.0 Å². The Balaban J connectivity index is 0.000000189. The molecule has 0 bridgehead atoms. The molecule has 2 aromatic rings. The van der Waals surface area contributed by atoms with E-state index in [9.17, 15) is 34.2 Å². The van der Waals surface area contributed by atoms with Crippen molar-refractivity contribution in [1.29, 1.82) is 0 Å². The van der Waals surface area contributed by atoms with E-state index < -0.39 is 24.3 Å². The minimum absolute atomic E-state index is 0.0198. The first-order valence-electron chi connectivity index (χ1n) is 14.9. The number of ether oxygens (including phenoxy) is 2. The van der Waals surface area contributed by atoms with Crippen molar-refractivity contribution in [3.63, 3.8) is 0 Å². The number of carbonyl (C=O) groups is 4. The Morgan fingerprint density at radius 1 is 1.00 bits per heavy atom. The van der Waals surface area contributed by atoms with E-state index in [1.807, 2.05) is 6.92 Å². The fourth-order valence-corrected chi connectivity index (χ4v) is 5.13. The molecule has 3 heterocycles. The molecule has 2 aromatic carbocycles. The van der Waals surface area contributed by atoms with E-state index in [4.69, 9.17) is 13.9 Å². The van der Waals surface area contributed by atoms with E-state index >= 15 is 0 Å². The summed E-state index contributed by atoms with van der Waals surface area (Å²) in [6.45, 7) is 7.04. The monoisotopic (exact) mass is 652 g/mol. The largest absolute Gasteiger partial charge is 0.508 e. The van der Waals surface area contributed by atoms with E-state index in [2.05, 4.69) is 11.9 Å². The number of hydrogen-bond donors (Lipinski definition) is 3. The molecule has 12 heteroatoms. The van der Waals surface area contributed by atoms with E-state index in [-0.39, 0.29) is 48.0 Å². The summed E-state index contributed by atoms with van der Waals surface area (Å²) in [5, 5.41) is 22.6. The topological polar surface area (TPSA) is 173 Å². The lowest BCUT2D eigenvalue weighted by molar-refractivity contribution is -0.148. The highest BCUT2D eigenvalue weighted by Crippen LogP contribution is 2.41. The average molecular weight is 653 g/mol. The number of carboxylic acids is 1. The minimum Gasteiger partial charge on any atom is -0.508 e. The summed E-state index contributed by atoms with van der Waals surface area (Å²) < 4.78 is 16.5. The van der Waals surface area contributed by atoms with Crippen LogP contribution in [-0.4, -0.2) is 57.8 Å². The molecule has 0 fully saturated rings. The molecule has 0 saturated heterocycles. The van der Waals surface area contributed by atoms with Crippen LogP contribution in [0.25, 0.3) is 33.4 Å². The van der Waals surface area contributed by atoms with Crippen LogP contribution >= 0.6 is 0 Å². The van der Waals surface area contributed by atoms with Crippen LogP contribution in [0.3, 0.4) is 0 Å². The number of phenols is 1. The van der Waals surface area contributed by atoms with Crippen molar-refractivity contribution in [2.75, 3.05) is 6.61 Å². The van der Waals surface area contributed by atoms with E-state index in [0.29, 0.717) is 39.1 Å². The first-order chi connectivity index (χ1) is 22.9. The summed E-state index contributed by atoms with van der Waals surface area (Å²) in [5.41, 5.74) is 3.49. The number of rotatable bonds is 8. The summed E-state index contributed by atoms with van der Waals surface area (Å²) in [7, 11) is 0. The van der Waals surface area contributed by atoms with Gasteiger partial charge in [-0.05, 0) is 61.4 Å². The van der Waals surface area contributed by atoms with Crippen molar-refractivity contribution >= 4 is 34.7 Å². The molecule has 1 aliphatic carbocycles. The van der Waals surface area contributed by atoms with Crippen LogP contribution in [0, 0.1) is 0 Å². The number of carbonyl (C=O) groups excluding carboxylic acids is 3. The summed E-state index contributed by atoms with van der Waals surface area (Å²) >= 11 is 0. The van der Waals surface area contributed by atoms with Gasteiger partial charge in [0.15, 0.2) is 11.7 Å². The Hall–Kier alpha value is -6.01. The third-order valence-electron chi connectivity index (χ3n) is 7.57. The number of carboxylic acid groups (broad SMARTS) is 1. The molecule has 0 aromatic heterocycles. The maximum atomic E-state index is 11.9. The van der Waals surface area contributed by atoms with Gasteiger partial charge in [-0.25, -0.2) is 9.59 Å². The van der Waals surface area contributed by atoms with Gasteiger partial charge in [-0.15, -0.1) is 0 Å². The smallest absolute Gasteiger partial charge is 0.336 e. The first-order valence-corrected chi connectivity index (χ1v) is 14.9.